The van der Waals surface area contributed by atoms with Gasteiger partial charge in [0, 0.05) is 0 Å². The van der Waals surface area contributed by atoms with Crippen molar-refractivity contribution in [2.45, 2.75) is 18.3 Å². The van der Waals surface area contributed by atoms with Crippen LogP contribution in [0.5, 0.6) is 0 Å². The molecule has 0 amide bonds. The Morgan fingerprint density at radius 3 is 2.06 bits per heavy atom. The van der Waals surface area contributed by atoms with Gasteiger partial charge in [0.25, 0.3) is 5.24 Å². The molecule has 0 spiro atoms. The zero-order valence-corrected chi connectivity index (χ0v) is 8.41. The Morgan fingerprint density at radius 2 is 1.71 bits per heavy atom. The summed E-state index contributed by atoms with van der Waals surface area (Å²) >= 11 is 4.86. The Bertz CT molecular complexity index is 409. The molecule has 0 fully saturated rings. The lowest BCUT2D eigenvalue weighted by Crippen LogP contribution is -2.35. The normalized spacial score (nSPS) is 13.2. The number of H-pyrrole nitrogens is 1. The van der Waals surface area contributed by atoms with E-state index in [2.05, 4.69) is 5.10 Å². The van der Waals surface area contributed by atoms with E-state index in [0.29, 0.717) is 6.20 Å². The first-order chi connectivity index (χ1) is 7.55. The van der Waals surface area contributed by atoms with Crippen molar-refractivity contribution in [1.82, 2.24) is 10.2 Å². The summed E-state index contributed by atoms with van der Waals surface area (Å²) in [4.78, 5) is 10.7. The van der Waals surface area contributed by atoms with Crippen LogP contribution in [-0.4, -0.2) is 27.8 Å². The van der Waals surface area contributed by atoms with E-state index in [1.807, 2.05) is 0 Å². The van der Waals surface area contributed by atoms with Gasteiger partial charge < -0.3 is 0 Å². The predicted octanol–water partition coefficient (Wildman–Crippen LogP) is 3.00. The molecule has 96 valence electrons. The minimum Gasteiger partial charge on any atom is -0.281 e. The zero-order valence-electron chi connectivity index (χ0n) is 7.66. The third kappa shape index (κ3) is 2.90. The first kappa shape index (κ1) is 13.8. The first-order valence-electron chi connectivity index (χ1n) is 3.91. The summed E-state index contributed by atoms with van der Waals surface area (Å²) in [7, 11) is 0. The van der Waals surface area contributed by atoms with Crippen LogP contribution in [0.1, 0.15) is 22.0 Å². The summed E-state index contributed by atoms with van der Waals surface area (Å²) in [6.07, 6.45) is -10.7. The summed E-state index contributed by atoms with van der Waals surface area (Å²) < 4.78 is 73.8. The van der Waals surface area contributed by atoms with Crippen molar-refractivity contribution < 1.29 is 31.1 Å². The highest BCUT2D eigenvalue weighted by molar-refractivity contribution is 6.67. The fourth-order valence-corrected chi connectivity index (χ4v) is 1.34. The SMILES string of the molecule is O=C(Cl)c1cn[nH]c1C(C(F)(F)F)C(F)(F)F. The highest BCUT2D eigenvalue weighted by Crippen LogP contribution is 2.46. The van der Waals surface area contributed by atoms with E-state index >= 15 is 0 Å². The molecule has 1 rings (SSSR count). The second-order valence-electron chi connectivity index (χ2n) is 2.99. The van der Waals surface area contributed by atoms with Gasteiger partial charge in [0.05, 0.1) is 17.5 Å². The van der Waals surface area contributed by atoms with Crippen molar-refractivity contribution in [2.24, 2.45) is 0 Å². The van der Waals surface area contributed by atoms with Crippen molar-refractivity contribution >= 4 is 16.8 Å². The third-order valence-electron chi connectivity index (χ3n) is 1.82. The number of carbonyl (C=O) groups excluding carboxylic acids is 1. The lowest BCUT2D eigenvalue weighted by atomic mass is 10.0. The highest BCUT2D eigenvalue weighted by Gasteiger charge is 2.59. The molecule has 0 saturated carbocycles. The van der Waals surface area contributed by atoms with Crippen LogP contribution in [0, 0.1) is 0 Å². The fourth-order valence-electron chi connectivity index (χ4n) is 1.19. The number of alkyl halides is 6. The van der Waals surface area contributed by atoms with Crippen LogP contribution in [0.15, 0.2) is 6.20 Å². The van der Waals surface area contributed by atoms with Crippen LogP contribution in [0.3, 0.4) is 0 Å². The van der Waals surface area contributed by atoms with Crippen LogP contribution in [-0.2, 0) is 0 Å². The van der Waals surface area contributed by atoms with Gasteiger partial charge in [0.15, 0.2) is 5.92 Å². The van der Waals surface area contributed by atoms with Gasteiger partial charge in [-0.2, -0.15) is 31.4 Å². The number of nitrogens with one attached hydrogen (secondary N) is 1. The van der Waals surface area contributed by atoms with Crippen LogP contribution in [0.2, 0.25) is 0 Å². The van der Waals surface area contributed by atoms with Crippen molar-refractivity contribution in [2.75, 3.05) is 0 Å². The van der Waals surface area contributed by atoms with Gasteiger partial charge in [-0.3, -0.25) is 9.89 Å². The van der Waals surface area contributed by atoms with E-state index in [0.717, 1.165) is 0 Å². The molecule has 0 aromatic carbocycles. The molecule has 1 aromatic rings. The molecule has 0 aliphatic heterocycles. The molecule has 1 aromatic heterocycles. The molecule has 0 radical (unpaired) electrons. The molecule has 0 atom stereocenters. The Kier molecular flexibility index (Phi) is 3.42. The average molecular weight is 281 g/mol. The summed E-state index contributed by atoms with van der Waals surface area (Å²) in [6, 6.07) is 0. The molecule has 0 unspecified atom stereocenters. The summed E-state index contributed by atoms with van der Waals surface area (Å²) in [6.45, 7) is 0. The van der Waals surface area contributed by atoms with E-state index in [1.54, 1.807) is 0 Å². The molecule has 0 aliphatic rings. The molecule has 1 N–H and O–H groups in total. The molecular formula is C7H3ClF6N2O. The molecule has 0 aliphatic carbocycles. The number of rotatable bonds is 2. The second kappa shape index (κ2) is 4.21. The molecule has 1 heterocycles. The van der Waals surface area contributed by atoms with Gasteiger partial charge in [-0.05, 0) is 11.6 Å². The van der Waals surface area contributed by atoms with E-state index in [1.165, 1.54) is 5.10 Å². The maximum atomic E-state index is 12.3. The number of hydrogen-bond acceptors (Lipinski definition) is 2. The fraction of sp³-hybridized carbons (Fsp3) is 0.429. The lowest BCUT2D eigenvalue weighted by molar-refractivity contribution is -0.254. The molecule has 0 saturated heterocycles. The van der Waals surface area contributed by atoms with Crippen molar-refractivity contribution in [3.8, 4) is 0 Å². The lowest BCUT2D eigenvalue weighted by Gasteiger charge is -2.22. The van der Waals surface area contributed by atoms with Crippen LogP contribution in [0.25, 0.3) is 0 Å². The van der Waals surface area contributed by atoms with E-state index < -0.39 is 34.8 Å². The molecule has 0 bridgehead atoms. The van der Waals surface area contributed by atoms with Crippen LogP contribution < -0.4 is 0 Å². The second-order valence-corrected chi connectivity index (χ2v) is 3.33. The average Bonchev–Trinajstić information content (AvgIpc) is 2.46. The van der Waals surface area contributed by atoms with Gasteiger partial charge in [-0.15, -0.1) is 0 Å². The predicted molar refractivity (Wildman–Crippen MR) is 43.6 cm³/mol. The Labute approximate surface area is 94.7 Å². The van der Waals surface area contributed by atoms with Crippen molar-refractivity contribution in [3.63, 3.8) is 0 Å². The zero-order chi connectivity index (χ0) is 13.4. The van der Waals surface area contributed by atoms with E-state index in [-0.39, 0.29) is 0 Å². The minimum atomic E-state index is -5.61. The monoisotopic (exact) mass is 280 g/mol. The smallest absolute Gasteiger partial charge is 0.281 e. The molecule has 10 heteroatoms. The summed E-state index contributed by atoms with van der Waals surface area (Å²) in [5.41, 5.74) is -2.36. The van der Waals surface area contributed by atoms with Crippen LogP contribution >= 0.6 is 11.6 Å². The number of halogens is 7. The largest absolute Gasteiger partial charge is 0.406 e. The van der Waals surface area contributed by atoms with Crippen molar-refractivity contribution in [3.05, 3.63) is 17.5 Å². The quantitative estimate of drug-likeness (QED) is 0.668. The Balaban J connectivity index is 3.34. The number of nitrogens with zero attached hydrogens (tertiary/aromatic N) is 1. The van der Waals surface area contributed by atoms with Crippen LogP contribution in [0.4, 0.5) is 26.3 Å². The number of carbonyl (C=O) groups is 1. The van der Waals surface area contributed by atoms with Gasteiger partial charge in [-0.1, -0.05) is 0 Å². The third-order valence-corrected chi connectivity index (χ3v) is 2.03. The van der Waals surface area contributed by atoms with Gasteiger partial charge >= 0.3 is 12.4 Å². The van der Waals surface area contributed by atoms with Crippen molar-refractivity contribution in [1.29, 1.82) is 0 Å². The molecule has 17 heavy (non-hydrogen) atoms. The number of aromatic amines is 1. The highest BCUT2D eigenvalue weighted by atomic mass is 35.5. The summed E-state index contributed by atoms with van der Waals surface area (Å²) in [5.74, 6) is -3.82. The number of aromatic nitrogens is 2. The standard InChI is InChI=1S/C7H3ClF6N2O/c8-5(17)2-1-15-16-3(2)4(6(9,10)11)7(12,13)14/h1,4H,(H,15,16). The molecular weight excluding hydrogens is 278 g/mol. The van der Waals surface area contributed by atoms with Gasteiger partial charge in [-0.25, -0.2) is 0 Å². The summed E-state index contributed by atoms with van der Waals surface area (Å²) in [5, 5.41) is 3.01. The van der Waals surface area contributed by atoms with E-state index in [4.69, 9.17) is 11.6 Å². The maximum absolute atomic E-state index is 12.3. The first-order valence-corrected chi connectivity index (χ1v) is 4.29. The Hall–Kier alpha value is -1.25. The van der Waals surface area contributed by atoms with Gasteiger partial charge in [0.1, 0.15) is 0 Å². The van der Waals surface area contributed by atoms with Gasteiger partial charge in [0.2, 0.25) is 0 Å². The molecule has 3 nitrogen and oxygen atoms in total. The topological polar surface area (TPSA) is 45.8 Å². The van der Waals surface area contributed by atoms with E-state index in [9.17, 15) is 31.1 Å². The minimum absolute atomic E-state index is 0.509. The number of hydrogen-bond donors (Lipinski definition) is 1. The maximum Gasteiger partial charge on any atom is 0.406 e. The Morgan fingerprint density at radius 1 is 1.24 bits per heavy atom.